The monoisotopic (exact) mass is 173 g/mol. The van der Waals surface area contributed by atoms with Gasteiger partial charge in [-0.05, 0) is 6.54 Å². The molecule has 0 aromatic heterocycles. The highest BCUT2D eigenvalue weighted by Crippen LogP contribution is 2.26. The minimum atomic E-state index is -2.57. The van der Waals surface area contributed by atoms with Gasteiger partial charge in [0.05, 0.1) is 0 Å². The Labute approximate surface area is 66.4 Å². The van der Waals surface area contributed by atoms with Crippen molar-refractivity contribution in [1.29, 1.82) is 0 Å². The molecule has 0 spiro atoms. The van der Waals surface area contributed by atoms with Crippen LogP contribution in [-0.4, -0.2) is 12.5 Å². The van der Waals surface area contributed by atoms with Crippen molar-refractivity contribution in [2.24, 2.45) is 11.7 Å². The second-order valence-corrected chi connectivity index (χ2v) is 2.45. The normalized spacial score (nSPS) is 11.4. The summed E-state index contributed by atoms with van der Waals surface area (Å²) < 4.78 is 24.9. The van der Waals surface area contributed by atoms with Crippen LogP contribution in [0.25, 0.3) is 0 Å². The molecular formula is C6H14ClF2N. The fourth-order valence-corrected chi connectivity index (χ4v) is 0.481. The molecule has 1 nitrogen and oxygen atoms in total. The summed E-state index contributed by atoms with van der Waals surface area (Å²) in [7, 11) is 0. The molecule has 0 aliphatic rings. The third kappa shape index (κ3) is 4.01. The van der Waals surface area contributed by atoms with Gasteiger partial charge in [-0.15, -0.1) is 12.4 Å². The van der Waals surface area contributed by atoms with Crippen molar-refractivity contribution in [2.75, 3.05) is 6.54 Å². The standard InChI is InChI=1S/C6H13F2N.ClH/c1-5(2)6(7,8)3-4-9;/h5H,3-4,9H2,1-2H3;1H. The van der Waals surface area contributed by atoms with Gasteiger partial charge in [0.1, 0.15) is 0 Å². The van der Waals surface area contributed by atoms with E-state index in [1.807, 2.05) is 0 Å². The van der Waals surface area contributed by atoms with E-state index in [2.05, 4.69) is 0 Å². The van der Waals surface area contributed by atoms with E-state index < -0.39 is 11.8 Å². The molecule has 4 heteroatoms. The molecule has 0 atom stereocenters. The van der Waals surface area contributed by atoms with E-state index in [-0.39, 0.29) is 25.4 Å². The number of halogens is 3. The van der Waals surface area contributed by atoms with Crippen molar-refractivity contribution in [3.05, 3.63) is 0 Å². The fraction of sp³-hybridized carbons (Fsp3) is 1.00. The summed E-state index contributed by atoms with van der Waals surface area (Å²) in [5, 5.41) is 0. The molecule has 2 N–H and O–H groups in total. The lowest BCUT2D eigenvalue weighted by molar-refractivity contribution is -0.0497. The summed E-state index contributed by atoms with van der Waals surface area (Å²) in [4.78, 5) is 0. The maximum atomic E-state index is 12.5. The Morgan fingerprint density at radius 1 is 1.40 bits per heavy atom. The molecule has 0 aromatic rings. The predicted molar refractivity (Wildman–Crippen MR) is 40.7 cm³/mol. The van der Waals surface area contributed by atoms with Gasteiger partial charge in [-0.2, -0.15) is 0 Å². The van der Waals surface area contributed by atoms with E-state index in [4.69, 9.17) is 5.73 Å². The van der Waals surface area contributed by atoms with Gasteiger partial charge in [0.25, 0.3) is 5.92 Å². The smallest absolute Gasteiger partial charge is 0.251 e. The van der Waals surface area contributed by atoms with Crippen LogP contribution in [0.1, 0.15) is 20.3 Å². The highest BCUT2D eigenvalue weighted by Gasteiger charge is 2.31. The number of rotatable bonds is 3. The van der Waals surface area contributed by atoms with E-state index in [1.165, 1.54) is 13.8 Å². The maximum Gasteiger partial charge on any atom is 0.251 e. The van der Waals surface area contributed by atoms with Crippen LogP contribution in [0.15, 0.2) is 0 Å². The minimum Gasteiger partial charge on any atom is -0.330 e. The van der Waals surface area contributed by atoms with Crippen LogP contribution in [0, 0.1) is 5.92 Å². The summed E-state index contributed by atoms with van der Waals surface area (Å²) in [6.45, 7) is 3.05. The predicted octanol–water partition coefficient (Wildman–Crippen LogP) is 2.05. The van der Waals surface area contributed by atoms with Crippen molar-refractivity contribution in [3.8, 4) is 0 Å². The first-order valence-electron chi connectivity index (χ1n) is 3.08. The first-order valence-corrected chi connectivity index (χ1v) is 3.08. The summed E-state index contributed by atoms with van der Waals surface area (Å²) in [6, 6.07) is 0. The van der Waals surface area contributed by atoms with Gasteiger partial charge in [0, 0.05) is 12.3 Å². The van der Waals surface area contributed by atoms with E-state index in [9.17, 15) is 8.78 Å². The Kier molecular flexibility index (Phi) is 6.19. The molecule has 0 aromatic carbocycles. The quantitative estimate of drug-likeness (QED) is 0.695. The highest BCUT2D eigenvalue weighted by molar-refractivity contribution is 5.85. The molecule has 0 saturated heterocycles. The second-order valence-electron chi connectivity index (χ2n) is 2.45. The number of alkyl halides is 2. The Bertz CT molecular complexity index is 85.8. The van der Waals surface area contributed by atoms with Gasteiger partial charge in [0.15, 0.2) is 0 Å². The summed E-state index contributed by atoms with van der Waals surface area (Å²) in [6.07, 6.45) is -0.204. The van der Waals surface area contributed by atoms with Crippen molar-refractivity contribution in [2.45, 2.75) is 26.2 Å². The summed E-state index contributed by atoms with van der Waals surface area (Å²) >= 11 is 0. The van der Waals surface area contributed by atoms with E-state index in [0.29, 0.717) is 0 Å². The molecule has 0 bridgehead atoms. The SMILES string of the molecule is CC(C)C(F)(F)CCN.Cl. The average molecular weight is 174 g/mol. The third-order valence-electron chi connectivity index (χ3n) is 1.32. The van der Waals surface area contributed by atoms with Gasteiger partial charge in [-0.3, -0.25) is 0 Å². The van der Waals surface area contributed by atoms with Gasteiger partial charge >= 0.3 is 0 Å². The summed E-state index contributed by atoms with van der Waals surface area (Å²) in [5.74, 6) is -3.17. The zero-order valence-corrected chi connectivity index (χ0v) is 7.05. The first-order chi connectivity index (χ1) is 4.00. The number of nitrogens with two attached hydrogens (primary N) is 1. The van der Waals surface area contributed by atoms with Crippen LogP contribution in [0.2, 0.25) is 0 Å². The van der Waals surface area contributed by atoms with E-state index in [1.54, 1.807) is 0 Å². The zero-order chi connectivity index (χ0) is 7.49. The van der Waals surface area contributed by atoms with Gasteiger partial charge in [-0.1, -0.05) is 13.8 Å². The summed E-state index contributed by atoms with van der Waals surface area (Å²) in [5.41, 5.74) is 4.97. The number of hydrogen-bond acceptors (Lipinski definition) is 1. The fourth-order valence-electron chi connectivity index (χ4n) is 0.481. The van der Waals surface area contributed by atoms with Crippen molar-refractivity contribution >= 4 is 12.4 Å². The van der Waals surface area contributed by atoms with Crippen LogP contribution >= 0.6 is 12.4 Å². The molecule has 0 rings (SSSR count). The Morgan fingerprint density at radius 3 is 1.90 bits per heavy atom. The lowest BCUT2D eigenvalue weighted by Gasteiger charge is -2.18. The molecule has 0 unspecified atom stereocenters. The molecular weight excluding hydrogens is 160 g/mol. The zero-order valence-electron chi connectivity index (χ0n) is 6.23. The van der Waals surface area contributed by atoms with Gasteiger partial charge < -0.3 is 5.73 Å². The molecule has 0 aliphatic carbocycles. The molecule has 0 saturated carbocycles. The van der Waals surface area contributed by atoms with Gasteiger partial charge in [-0.25, -0.2) is 8.78 Å². The minimum absolute atomic E-state index is 0. The van der Waals surface area contributed by atoms with Crippen molar-refractivity contribution in [3.63, 3.8) is 0 Å². The van der Waals surface area contributed by atoms with Crippen LogP contribution in [-0.2, 0) is 0 Å². The highest BCUT2D eigenvalue weighted by atomic mass is 35.5. The van der Waals surface area contributed by atoms with Gasteiger partial charge in [0.2, 0.25) is 0 Å². The van der Waals surface area contributed by atoms with Crippen LogP contribution < -0.4 is 5.73 Å². The molecule has 10 heavy (non-hydrogen) atoms. The van der Waals surface area contributed by atoms with Crippen molar-refractivity contribution < 1.29 is 8.78 Å². The lowest BCUT2D eigenvalue weighted by Crippen LogP contribution is -2.26. The Balaban J connectivity index is 0. The van der Waals surface area contributed by atoms with Crippen LogP contribution in [0.4, 0.5) is 8.78 Å². The van der Waals surface area contributed by atoms with Crippen molar-refractivity contribution in [1.82, 2.24) is 0 Å². The molecule has 64 valence electrons. The molecule has 0 radical (unpaired) electrons. The van der Waals surface area contributed by atoms with Crippen LogP contribution in [0.3, 0.4) is 0 Å². The Morgan fingerprint density at radius 2 is 1.80 bits per heavy atom. The third-order valence-corrected chi connectivity index (χ3v) is 1.32. The Hall–Kier alpha value is 0.110. The van der Waals surface area contributed by atoms with E-state index in [0.717, 1.165) is 0 Å². The first kappa shape index (κ1) is 12.8. The topological polar surface area (TPSA) is 26.0 Å². The average Bonchev–Trinajstić information content (AvgIpc) is 1.65. The number of hydrogen-bond donors (Lipinski definition) is 1. The molecule has 0 heterocycles. The lowest BCUT2D eigenvalue weighted by atomic mass is 10.0. The second kappa shape index (κ2) is 4.85. The molecule has 0 amide bonds. The van der Waals surface area contributed by atoms with E-state index >= 15 is 0 Å². The largest absolute Gasteiger partial charge is 0.330 e. The molecule has 0 fully saturated rings. The maximum absolute atomic E-state index is 12.5. The molecule has 0 aliphatic heterocycles. The van der Waals surface area contributed by atoms with Crippen LogP contribution in [0.5, 0.6) is 0 Å².